The summed E-state index contributed by atoms with van der Waals surface area (Å²) in [7, 11) is 1.59. The molecule has 1 fully saturated rings. The second kappa shape index (κ2) is 5.40. The number of hydrogen-bond acceptors (Lipinski definition) is 6. The highest BCUT2D eigenvalue weighted by molar-refractivity contribution is 5.65. The van der Waals surface area contributed by atoms with E-state index in [1.54, 1.807) is 19.2 Å². The van der Waals surface area contributed by atoms with Crippen molar-refractivity contribution in [3.8, 4) is 17.2 Å². The minimum Gasteiger partial charge on any atom is -0.495 e. The third-order valence-electron chi connectivity index (χ3n) is 3.53. The van der Waals surface area contributed by atoms with Gasteiger partial charge in [-0.15, -0.1) is 0 Å². The molecule has 0 bridgehead atoms. The summed E-state index contributed by atoms with van der Waals surface area (Å²) in [6.45, 7) is 1.98. The maximum atomic E-state index is 5.89. The van der Waals surface area contributed by atoms with Crippen LogP contribution in [0, 0.1) is 0 Å². The fraction of sp³-hybridized carbons (Fsp3) is 0.429. The van der Waals surface area contributed by atoms with E-state index in [1.807, 2.05) is 6.07 Å². The molecule has 0 saturated carbocycles. The summed E-state index contributed by atoms with van der Waals surface area (Å²) < 4.78 is 10.5. The van der Waals surface area contributed by atoms with Crippen molar-refractivity contribution in [1.29, 1.82) is 0 Å². The first-order valence-corrected chi connectivity index (χ1v) is 6.80. The first-order chi connectivity index (χ1) is 9.78. The smallest absolute Gasteiger partial charge is 0.266 e. The molecule has 0 radical (unpaired) electrons. The largest absolute Gasteiger partial charge is 0.495 e. The van der Waals surface area contributed by atoms with E-state index in [-0.39, 0.29) is 0 Å². The number of ether oxygens (including phenoxy) is 1. The second-order valence-corrected chi connectivity index (χ2v) is 4.90. The molecule has 6 nitrogen and oxygen atoms in total. The number of nitrogen functional groups attached to an aromatic ring is 1. The zero-order chi connectivity index (χ0) is 13.9. The molecule has 1 aromatic heterocycles. The molecule has 6 heteroatoms. The van der Waals surface area contributed by atoms with Crippen molar-refractivity contribution in [3.05, 3.63) is 18.2 Å². The van der Waals surface area contributed by atoms with E-state index in [9.17, 15) is 0 Å². The van der Waals surface area contributed by atoms with Gasteiger partial charge in [0.15, 0.2) is 0 Å². The summed E-state index contributed by atoms with van der Waals surface area (Å²) in [5.41, 5.74) is 7.26. The lowest BCUT2D eigenvalue weighted by molar-refractivity contribution is 0.416. The Balaban J connectivity index is 1.84. The maximum Gasteiger partial charge on any atom is 0.266 e. The average Bonchev–Trinajstić information content (AvgIpc) is 2.98. The molecule has 1 aliphatic rings. The van der Waals surface area contributed by atoms with Crippen LogP contribution in [-0.4, -0.2) is 30.3 Å². The van der Waals surface area contributed by atoms with Crippen molar-refractivity contribution >= 4 is 11.6 Å². The summed E-state index contributed by atoms with van der Waals surface area (Å²) in [6, 6.07) is 5.45. The third kappa shape index (κ3) is 2.41. The predicted octanol–water partition coefficient (Wildman–Crippen LogP) is 2.32. The maximum absolute atomic E-state index is 5.89. The molecule has 0 aliphatic carbocycles. The molecule has 2 aromatic rings. The second-order valence-electron chi connectivity index (χ2n) is 4.90. The SMILES string of the molecule is COc1ccc(-c2nc(N3CCCCC3)no2)cc1N. The minimum absolute atomic E-state index is 0.486. The van der Waals surface area contributed by atoms with Crippen LogP contribution in [0.5, 0.6) is 5.75 Å². The van der Waals surface area contributed by atoms with Crippen LogP contribution in [0.25, 0.3) is 11.5 Å². The highest BCUT2D eigenvalue weighted by Crippen LogP contribution is 2.28. The van der Waals surface area contributed by atoms with Crippen LogP contribution in [0.15, 0.2) is 22.7 Å². The van der Waals surface area contributed by atoms with Crippen LogP contribution >= 0.6 is 0 Å². The molecule has 1 aliphatic heterocycles. The van der Waals surface area contributed by atoms with Crippen molar-refractivity contribution in [2.75, 3.05) is 30.8 Å². The lowest BCUT2D eigenvalue weighted by Crippen LogP contribution is -2.30. The fourth-order valence-corrected chi connectivity index (χ4v) is 2.42. The van der Waals surface area contributed by atoms with Crippen LogP contribution in [0.2, 0.25) is 0 Å². The van der Waals surface area contributed by atoms with Crippen molar-refractivity contribution in [2.24, 2.45) is 0 Å². The zero-order valence-electron chi connectivity index (χ0n) is 11.5. The molecule has 2 heterocycles. The zero-order valence-corrected chi connectivity index (χ0v) is 11.5. The van der Waals surface area contributed by atoms with Crippen LogP contribution in [0.1, 0.15) is 19.3 Å². The van der Waals surface area contributed by atoms with Crippen LogP contribution < -0.4 is 15.4 Å². The molecule has 1 aromatic carbocycles. The van der Waals surface area contributed by atoms with Crippen molar-refractivity contribution in [1.82, 2.24) is 10.1 Å². The molecule has 0 unspecified atom stereocenters. The van der Waals surface area contributed by atoms with Crippen LogP contribution in [0.3, 0.4) is 0 Å². The van der Waals surface area contributed by atoms with Gasteiger partial charge in [0.2, 0.25) is 0 Å². The minimum atomic E-state index is 0.486. The van der Waals surface area contributed by atoms with Gasteiger partial charge in [-0.25, -0.2) is 0 Å². The highest BCUT2D eigenvalue weighted by atomic mass is 16.5. The lowest BCUT2D eigenvalue weighted by Gasteiger charge is -2.24. The lowest BCUT2D eigenvalue weighted by atomic mass is 10.1. The Bertz CT molecular complexity index is 591. The number of aromatic nitrogens is 2. The molecule has 1 saturated heterocycles. The molecule has 0 atom stereocenters. The van der Waals surface area contributed by atoms with Crippen LogP contribution in [0.4, 0.5) is 11.6 Å². The van der Waals surface area contributed by atoms with Crippen molar-refractivity contribution < 1.29 is 9.26 Å². The van der Waals surface area contributed by atoms with E-state index in [0.717, 1.165) is 18.7 Å². The van der Waals surface area contributed by atoms with Gasteiger partial charge in [0.1, 0.15) is 5.75 Å². The summed E-state index contributed by atoms with van der Waals surface area (Å²) in [5.74, 6) is 1.79. The Morgan fingerprint density at radius 3 is 2.75 bits per heavy atom. The van der Waals surface area contributed by atoms with Gasteiger partial charge < -0.3 is 19.9 Å². The molecule has 0 amide bonds. The first kappa shape index (κ1) is 12.8. The van der Waals surface area contributed by atoms with Gasteiger partial charge in [-0.3, -0.25) is 0 Å². The fourth-order valence-electron chi connectivity index (χ4n) is 2.42. The van der Waals surface area contributed by atoms with E-state index < -0.39 is 0 Å². The van der Waals surface area contributed by atoms with Gasteiger partial charge in [0.05, 0.1) is 12.8 Å². The van der Waals surface area contributed by atoms with Gasteiger partial charge >= 0.3 is 0 Å². The Morgan fingerprint density at radius 2 is 2.05 bits per heavy atom. The number of piperidine rings is 1. The highest BCUT2D eigenvalue weighted by Gasteiger charge is 2.17. The van der Waals surface area contributed by atoms with Gasteiger partial charge in [-0.1, -0.05) is 0 Å². The Labute approximate surface area is 117 Å². The number of nitrogens with zero attached hydrogens (tertiary/aromatic N) is 3. The van der Waals surface area contributed by atoms with Gasteiger partial charge in [0.25, 0.3) is 11.8 Å². The predicted molar refractivity (Wildman–Crippen MR) is 76.8 cm³/mol. The van der Waals surface area contributed by atoms with E-state index in [0.29, 0.717) is 23.3 Å². The van der Waals surface area contributed by atoms with Gasteiger partial charge in [0, 0.05) is 18.7 Å². The quantitative estimate of drug-likeness (QED) is 0.865. The molecule has 20 heavy (non-hydrogen) atoms. The Hall–Kier alpha value is -2.24. The van der Waals surface area contributed by atoms with Gasteiger partial charge in [-0.05, 0) is 42.6 Å². The molecule has 0 spiro atoms. The number of hydrogen-bond donors (Lipinski definition) is 1. The molecule has 2 N–H and O–H groups in total. The van der Waals surface area contributed by atoms with Crippen molar-refractivity contribution in [3.63, 3.8) is 0 Å². The topological polar surface area (TPSA) is 77.4 Å². The number of rotatable bonds is 3. The number of methoxy groups -OCH3 is 1. The molecular formula is C14H18N4O2. The summed E-state index contributed by atoms with van der Waals surface area (Å²) in [6.07, 6.45) is 3.63. The third-order valence-corrected chi connectivity index (χ3v) is 3.53. The molecule has 106 valence electrons. The van der Waals surface area contributed by atoms with Crippen LogP contribution in [-0.2, 0) is 0 Å². The number of anilines is 2. The average molecular weight is 274 g/mol. The van der Waals surface area contributed by atoms with E-state index >= 15 is 0 Å². The number of benzene rings is 1. The van der Waals surface area contributed by atoms with E-state index in [2.05, 4.69) is 15.0 Å². The number of nitrogens with two attached hydrogens (primary N) is 1. The summed E-state index contributed by atoms with van der Waals surface area (Å²) in [5, 5.41) is 4.06. The van der Waals surface area contributed by atoms with E-state index in [4.69, 9.17) is 15.0 Å². The molecule has 3 rings (SSSR count). The standard InChI is InChI=1S/C14H18N4O2/c1-19-12-6-5-10(9-11(12)15)13-16-14(17-20-13)18-7-3-2-4-8-18/h5-6,9H,2-4,7-8,15H2,1H3. The summed E-state index contributed by atoms with van der Waals surface area (Å²) >= 11 is 0. The Kier molecular flexibility index (Phi) is 3.45. The first-order valence-electron chi connectivity index (χ1n) is 6.80. The molecular weight excluding hydrogens is 256 g/mol. The van der Waals surface area contributed by atoms with Crippen molar-refractivity contribution in [2.45, 2.75) is 19.3 Å². The van der Waals surface area contributed by atoms with E-state index in [1.165, 1.54) is 19.3 Å². The Morgan fingerprint density at radius 1 is 1.25 bits per heavy atom. The van der Waals surface area contributed by atoms with Gasteiger partial charge in [-0.2, -0.15) is 4.98 Å². The summed E-state index contributed by atoms with van der Waals surface area (Å²) in [4.78, 5) is 6.61. The monoisotopic (exact) mass is 274 g/mol. The normalized spacial score (nSPS) is 15.3.